The molecule has 0 aromatic heterocycles. The Balaban J connectivity index is 2.55. The van der Waals surface area contributed by atoms with Crippen molar-refractivity contribution in [2.75, 3.05) is 6.54 Å². The SMILES string of the molecule is O=C(Cl)NCCc1ccc(Cl)cc1Cl. The minimum absolute atomic E-state index is 0.462. The molecule has 1 aromatic rings. The van der Waals surface area contributed by atoms with E-state index >= 15 is 0 Å². The summed E-state index contributed by atoms with van der Waals surface area (Å²) in [6, 6.07) is 5.25. The van der Waals surface area contributed by atoms with E-state index in [4.69, 9.17) is 34.8 Å². The fourth-order valence-electron chi connectivity index (χ4n) is 1.02. The number of carbonyl (C=O) groups is 1. The molecular weight excluding hydrogens is 244 g/mol. The molecule has 1 amide bonds. The van der Waals surface area contributed by atoms with Crippen LogP contribution in [0.5, 0.6) is 0 Å². The van der Waals surface area contributed by atoms with Crippen molar-refractivity contribution in [3.63, 3.8) is 0 Å². The Morgan fingerprint density at radius 1 is 1.36 bits per heavy atom. The van der Waals surface area contributed by atoms with E-state index in [-0.39, 0.29) is 0 Å². The van der Waals surface area contributed by atoms with Gasteiger partial charge in [0.05, 0.1) is 0 Å². The van der Waals surface area contributed by atoms with Crippen LogP contribution < -0.4 is 5.32 Å². The highest BCUT2D eigenvalue weighted by Gasteiger charge is 2.01. The summed E-state index contributed by atoms with van der Waals surface area (Å²) in [5.74, 6) is 0. The number of halogens is 3. The summed E-state index contributed by atoms with van der Waals surface area (Å²) in [6.07, 6.45) is 0.633. The second kappa shape index (κ2) is 5.44. The van der Waals surface area contributed by atoms with E-state index in [2.05, 4.69) is 5.32 Å². The number of carbonyl (C=O) groups excluding carboxylic acids is 1. The van der Waals surface area contributed by atoms with E-state index in [9.17, 15) is 4.79 Å². The maximum absolute atomic E-state index is 10.4. The summed E-state index contributed by atoms with van der Waals surface area (Å²) in [6.45, 7) is 0.462. The Bertz CT molecular complexity index is 341. The van der Waals surface area contributed by atoms with Gasteiger partial charge in [0, 0.05) is 16.6 Å². The lowest BCUT2D eigenvalue weighted by Crippen LogP contribution is -2.19. The number of nitrogens with one attached hydrogen (secondary N) is 1. The first kappa shape index (κ1) is 11.6. The summed E-state index contributed by atoms with van der Waals surface area (Å²) in [5, 5.41) is 3.11. The number of amides is 1. The van der Waals surface area contributed by atoms with Crippen LogP contribution in [0.4, 0.5) is 4.79 Å². The molecule has 76 valence electrons. The average Bonchev–Trinajstić information content (AvgIpc) is 2.08. The molecule has 0 aliphatic rings. The highest BCUT2D eigenvalue weighted by molar-refractivity contribution is 6.62. The lowest BCUT2D eigenvalue weighted by Gasteiger charge is -2.04. The summed E-state index contributed by atoms with van der Waals surface area (Å²) in [7, 11) is 0. The van der Waals surface area contributed by atoms with Gasteiger partial charge < -0.3 is 5.32 Å². The predicted octanol–water partition coefficient (Wildman–Crippen LogP) is 3.48. The second-order valence-electron chi connectivity index (χ2n) is 2.69. The second-order valence-corrected chi connectivity index (χ2v) is 3.87. The van der Waals surface area contributed by atoms with Gasteiger partial charge in [0.25, 0.3) is 0 Å². The van der Waals surface area contributed by atoms with Crippen LogP contribution in [-0.2, 0) is 6.42 Å². The molecule has 0 saturated heterocycles. The molecule has 0 radical (unpaired) electrons. The maximum atomic E-state index is 10.4. The van der Waals surface area contributed by atoms with Gasteiger partial charge in [-0.05, 0) is 35.7 Å². The third-order valence-corrected chi connectivity index (χ3v) is 2.39. The Morgan fingerprint density at radius 2 is 2.07 bits per heavy atom. The molecule has 0 bridgehead atoms. The van der Waals surface area contributed by atoms with Crippen molar-refractivity contribution in [1.29, 1.82) is 0 Å². The first-order chi connectivity index (χ1) is 6.59. The molecule has 0 aliphatic carbocycles. The van der Waals surface area contributed by atoms with Crippen molar-refractivity contribution in [2.45, 2.75) is 6.42 Å². The minimum atomic E-state index is -0.560. The quantitative estimate of drug-likeness (QED) is 0.647. The van der Waals surface area contributed by atoms with Crippen LogP contribution in [0.3, 0.4) is 0 Å². The van der Waals surface area contributed by atoms with Crippen LogP contribution in [0.2, 0.25) is 10.0 Å². The number of hydrogen-bond donors (Lipinski definition) is 1. The van der Waals surface area contributed by atoms with Gasteiger partial charge in [-0.2, -0.15) is 0 Å². The third-order valence-electron chi connectivity index (χ3n) is 1.67. The number of hydrogen-bond acceptors (Lipinski definition) is 1. The molecule has 14 heavy (non-hydrogen) atoms. The van der Waals surface area contributed by atoms with E-state index in [1.165, 1.54) is 0 Å². The molecule has 0 unspecified atom stereocenters. The first-order valence-electron chi connectivity index (χ1n) is 3.97. The number of benzene rings is 1. The molecule has 2 nitrogen and oxygen atoms in total. The van der Waals surface area contributed by atoms with Gasteiger partial charge in [-0.15, -0.1) is 0 Å². The van der Waals surface area contributed by atoms with E-state index in [0.717, 1.165) is 5.56 Å². The standard InChI is InChI=1S/C9H8Cl3NO/c10-7-2-1-6(8(11)5-7)3-4-13-9(12)14/h1-2,5H,3-4H2,(H,13,14). The topological polar surface area (TPSA) is 29.1 Å². The molecule has 0 aliphatic heterocycles. The predicted molar refractivity (Wildman–Crippen MR) is 59.4 cm³/mol. The molecule has 0 atom stereocenters. The smallest absolute Gasteiger partial charge is 0.313 e. The molecule has 0 spiro atoms. The van der Waals surface area contributed by atoms with E-state index < -0.39 is 5.37 Å². The van der Waals surface area contributed by atoms with Gasteiger partial charge in [-0.25, -0.2) is 0 Å². The molecule has 1 rings (SSSR count). The van der Waals surface area contributed by atoms with Crippen LogP contribution in [0.25, 0.3) is 0 Å². The molecule has 0 heterocycles. The Hall–Kier alpha value is -0.440. The average molecular weight is 253 g/mol. The van der Waals surface area contributed by atoms with Gasteiger partial charge in [-0.3, -0.25) is 4.79 Å². The summed E-state index contributed by atoms with van der Waals surface area (Å²) >= 11 is 16.7. The van der Waals surface area contributed by atoms with Gasteiger partial charge in [-0.1, -0.05) is 29.3 Å². The van der Waals surface area contributed by atoms with Gasteiger partial charge in [0.1, 0.15) is 0 Å². The molecule has 0 fully saturated rings. The first-order valence-corrected chi connectivity index (χ1v) is 5.10. The minimum Gasteiger partial charge on any atom is -0.342 e. The molecule has 1 aromatic carbocycles. The Labute approximate surface area is 97.1 Å². The van der Waals surface area contributed by atoms with Crippen LogP contribution >= 0.6 is 34.8 Å². The fourth-order valence-corrected chi connectivity index (χ4v) is 1.62. The molecule has 5 heteroatoms. The summed E-state index contributed by atoms with van der Waals surface area (Å²) in [5.41, 5.74) is 0.932. The highest BCUT2D eigenvalue weighted by Crippen LogP contribution is 2.20. The normalized spacial score (nSPS) is 9.93. The van der Waals surface area contributed by atoms with E-state index in [0.29, 0.717) is 23.0 Å². The van der Waals surface area contributed by atoms with Crippen LogP contribution in [0.1, 0.15) is 5.56 Å². The van der Waals surface area contributed by atoms with Crippen molar-refractivity contribution in [3.05, 3.63) is 33.8 Å². The van der Waals surface area contributed by atoms with Crippen molar-refractivity contribution in [3.8, 4) is 0 Å². The zero-order valence-corrected chi connectivity index (χ0v) is 9.46. The van der Waals surface area contributed by atoms with Gasteiger partial charge in [0.15, 0.2) is 0 Å². The lowest BCUT2D eigenvalue weighted by molar-refractivity contribution is 0.260. The lowest BCUT2D eigenvalue weighted by atomic mass is 10.1. The molecular formula is C9H8Cl3NO. The molecule has 1 N–H and O–H groups in total. The monoisotopic (exact) mass is 251 g/mol. The van der Waals surface area contributed by atoms with E-state index in [1.54, 1.807) is 12.1 Å². The van der Waals surface area contributed by atoms with Crippen molar-refractivity contribution >= 4 is 40.2 Å². The van der Waals surface area contributed by atoms with Gasteiger partial charge in [0.2, 0.25) is 0 Å². The van der Waals surface area contributed by atoms with Gasteiger partial charge >= 0.3 is 5.37 Å². The van der Waals surface area contributed by atoms with E-state index in [1.807, 2.05) is 6.07 Å². The summed E-state index contributed by atoms with van der Waals surface area (Å²) in [4.78, 5) is 10.4. The van der Waals surface area contributed by atoms with Crippen molar-refractivity contribution in [2.24, 2.45) is 0 Å². The third kappa shape index (κ3) is 3.74. The zero-order chi connectivity index (χ0) is 10.6. The van der Waals surface area contributed by atoms with Crippen molar-refractivity contribution in [1.82, 2.24) is 5.32 Å². The highest BCUT2D eigenvalue weighted by atomic mass is 35.5. The van der Waals surface area contributed by atoms with Crippen LogP contribution in [0.15, 0.2) is 18.2 Å². The van der Waals surface area contributed by atoms with Crippen molar-refractivity contribution < 1.29 is 4.79 Å². The Kier molecular flexibility index (Phi) is 4.52. The zero-order valence-electron chi connectivity index (χ0n) is 7.19. The maximum Gasteiger partial charge on any atom is 0.313 e. The molecule has 0 saturated carbocycles. The largest absolute Gasteiger partial charge is 0.342 e. The van der Waals surface area contributed by atoms with Crippen LogP contribution in [0, 0.1) is 0 Å². The van der Waals surface area contributed by atoms with Crippen LogP contribution in [-0.4, -0.2) is 11.9 Å². The summed E-state index contributed by atoms with van der Waals surface area (Å²) < 4.78 is 0. The Morgan fingerprint density at radius 3 is 2.64 bits per heavy atom. The number of rotatable bonds is 3. The fraction of sp³-hybridized carbons (Fsp3) is 0.222.